The zero-order chi connectivity index (χ0) is 7.56. The smallest absolute Gasteiger partial charge is 0.225 e. The van der Waals surface area contributed by atoms with Crippen LogP contribution in [0.2, 0.25) is 0 Å². The maximum Gasteiger partial charge on any atom is 0.225 e. The van der Waals surface area contributed by atoms with Gasteiger partial charge in [-0.3, -0.25) is 4.79 Å². The molecule has 2 unspecified atom stereocenters. The fraction of sp³-hybridized carbons (Fsp3) is 0.857. The van der Waals surface area contributed by atoms with Crippen molar-refractivity contribution in [3.8, 4) is 0 Å². The molecule has 1 amide bonds. The molecule has 0 radical (unpaired) electrons. The van der Waals surface area contributed by atoms with Crippen LogP contribution in [-0.2, 0) is 4.79 Å². The number of carbonyl (C=O) groups excluding carboxylic acids is 1. The second-order valence-electron chi connectivity index (χ2n) is 2.78. The van der Waals surface area contributed by atoms with Gasteiger partial charge >= 0.3 is 0 Å². The van der Waals surface area contributed by atoms with Crippen molar-refractivity contribution in [2.75, 3.05) is 6.54 Å². The quantitative estimate of drug-likeness (QED) is 0.538. The Kier molecular flexibility index (Phi) is 2.27. The van der Waals surface area contributed by atoms with Gasteiger partial charge in [-0.05, 0) is 19.8 Å². The first-order valence-corrected chi connectivity index (χ1v) is 3.67. The van der Waals surface area contributed by atoms with Crippen molar-refractivity contribution in [3.63, 3.8) is 0 Å². The summed E-state index contributed by atoms with van der Waals surface area (Å²) in [6.45, 7) is 2.43. The molecular formula is C7H13NO2. The summed E-state index contributed by atoms with van der Waals surface area (Å²) in [5.74, 6) is -0.171. The van der Waals surface area contributed by atoms with E-state index >= 15 is 0 Å². The average Bonchev–Trinajstić information content (AvgIpc) is 1.88. The first-order chi connectivity index (χ1) is 4.72. The number of piperidine rings is 1. The fourth-order valence-corrected chi connectivity index (χ4v) is 1.26. The van der Waals surface area contributed by atoms with Crippen LogP contribution in [0, 0.1) is 5.92 Å². The maximum atomic E-state index is 11.0. The molecule has 58 valence electrons. The standard InChI is InChI=1S/C7H13NO2/c1-5(9)6-3-2-4-8-7(6)10/h5-6,9H,2-4H2,1H3,(H,8,10). The molecule has 0 spiro atoms. The molecule has 1 aliphatic heterocycles. The van der Waals surface area contributed by atoms with Crippen LogP contribution in [-0.4, -0.2) is 23.7 Å². The summed E-state index contributed by atoms with van der Waals surface area (Å²) in [7, 11) is 0. The Hall–Kier alpha value is -0.570. The van der Waals surface area contributed by atoms with E-state index in [-0.39, 0.29) is 11.8 Å². The van der Waals surface area contributed by atoms with Gasteiger partial charge in [0, 0.05) is 6.54 Å². The molecule has 1 heterocycles. The third kappa shape index (κ3) is 1.48. The molecule has 10 heavy (non-hydrogen) atoms. The largest absolute Gasteiger partial charge is 0.393 e. The molecule has 3 heteroatoms. The van der Waals surface area contributed by atoms with Crippen LogP contribution in [0.1, 0.15) is 19.8 Å². The van der Waals surface area contributed by atoms with Gasteiger partial charge < -0.3 is 10.4 Å². The Balaban J connectivity index is 2.48. The molecule has 1 rings (SSSR count). The van der Waals surface area contributed by atoms with Crippen LogP contribution in [0.15, 0.2) is 0 Å². The van der Waals surface area contributed by atoms with Gasteiger partial charge in [0.15, 0.2) is 0 Å². The topological polar surface area (TPSA) is 49.3 Å². The molecule has 0 saturated carbocycles. The summed E-state index contributed by atoms with van der Waals surface area (Å²) in [5.41, 5.74) is 0. The van der Waals surface area contributed by atoms with Gasteiger partial charge in [-0.1, -0.05) is 0 Å². The van der Waals surface area contributed by atoms with Gasteiger partial charge in [-0.25, -0.2) is 0 Å². The Bertz CT molecular complexity index is 134. The van der Waals surface area contributed by atoms with E-state index in [1.807, 2.05) is 0 Å². The zero-order valence-electron chi connectivity index (χ0n) is 6.13. The number of carbonyl (C=O) groups is 1. The van der Waals surface area contributed by atoms with Crippen LogP contribution in [0.3, 0.4) is 0 Å². The number of aliphatic hydroxyl groups is 1. The number of hydrogen-bond donors (Lipinski definition) is 2. The van der Waals surface area contributed by atoms with Crippen LogP contribution in [0.5, 0.6) is 0 Å². The SMILES string of the molecule is CC(O)C1CCCNC1=O. The van der Waals surface area contributed by atoms with Crippen LogP contribution in [0.25, 0.3) is 0 Å². The molecule has 0 bridgehead atoms. The van der Waals surface area contributed by atoms with Crippen molar-refractivity contribution in [2.24, 2.45) is 5.92 Å². The van der Waals surface area contributed by atoms with Gasteiger partial charge in [0.1, 0.15) is 0 Å². The van der Waals surface area contributed by atoms with Crippen LogP contribution in [0.4, 0.5) is 0 Å². The number of hydrogen-bond acceptors (Lipinski definition) is 2. The first-order valence-electron chi connectivity index (χ1n) is 3.67. The summed E-state index contributed by atoms with van der Waals surface area (Å²) >= 11 is 0. The number of amides is 1. The normalized spacial score (nSPS) is 29.4. The van der Waals surface area contributed by atoms with E-state index in [2.05, 4.69) is 5.32 Å². The predicted octanol–water partition coefficient (Wildman–Crippen LogP) is -0.107. The molecule has 0 aliphatic carbocycles. The highest BCUT2D eigenvalue weighted by atomic mass is 16.3. The Labute approximate surface area is 60.4 Å². The van der Waals surface area contributed by atoms with Crippen molar-refractivity contribution in [1.29, 1.82) is 0 Å². The lowest BCUT2D eigenvalue weighted by molar-refractivity contribution is -0.130. The summed E-state index contributed by atoms with van der Waals surface area (Å²) in [5, 5.41) is 11.8. The van der Waals surface area contributed by atoms with E-state index < -0.39 is 6.10 Å². The minimum Gasteiger partial charge on any atom is -0.393 e. The van der Waals surface area contributed by atoms with Gasteiger partial charge in [0.25, 0.3) is 0 Å². The van der Waals surface area contributed by atoms with E-state index in [0.29, 0.717) is 0 Å². The van der Waals surface area contributed by atoms with E-state index in [9.17, 15) is 4.79 Å². The molecule has 2 N–H and O–H groups in total. The molecule has 3 nitrogen and oxygen atoms in total. The van der Waals surface area contributed by atoms with Gasteiger partial charge in [0.2, 0.25) is 5.91 Å². The third-order valence-corrected chi connectivity index (χ3v) is 1.91. The summed E-state index contributed by atoms with van der Waals surface area (Å²) < 4.78 is 0. The van der Waals surface area contributed by atoms with Crippen LogP contribution >= 0.6 is 0 Å². The number of nitrogens with one attached hydrogen (secondary N) is 1. The van der Waals surface area contributed by atoms with Gasteiger partial charge in [-0.15, -0.1) is 0 Å². The Morgan fingerprint density at radius 1 is 1.80 bits per heavy atom. The summed E-state index contributed by atoms with van der Waals surface area (Å²) in [6.07, 6.45) is 1.31. The van der Waals surface area contributed by atoms with E-state index in [1.165, 1.54) is 0 Å². The second kappa shape index (κ2) is 3.01. The molecule has 0 aromatic heterocycles. The number of aliphatic hydroxyl groups excluding tert-OH is 1. The second-order valence-corrected chi connectivity index (χ2v) is 2.78. The van der Waals surface area contributed by atoms with Crippen molar-refractivity contribution in [3.05, 3.63) is 0 Å². The monoisotopic (exact) mass is 143 g/mol. The van der Waals surface area contributed by atoms with Crippen LogP contribution < -0.4 is 5.32 Å². The molecule has 1 fully saturated rings. The number of rotatable bonds is 1. The van der Waals surface area contributed by atoms with Crippen molar-refractivity contribution in [1.82, 2.24) is 5.32 Å². The predicted molar refractivity (Wildman–Crippen MR) is 37.4 cm³/mol. The Morgan fingerprint density at radius 3 is 2.90 bits per heavy atom. The average molecular weight is 143 g/mol. The lowest BCUT2D eigenvalue weighted by atomic mass is 9.94. The minimum absolute atomic E-state index is 0.00116. The van der Waals surface area contributed by atoms with E-state index in [4.69, 9.17) is 5.11 Å². The fourth-order valence-electron chi connectivity index (χ4n) is 1.26. The minimum atomic E-state index is -0.500. The van der Waals surface area contributed by atoms with Gasteiger partial charge in [0.05, 0.1) is 12.0 Å². The Morgan fingerprint density at radius 2 is 2.50 bits per heavy atom. The molecular weight excluding hydrogens is 130 g/mol. The maximum absolute atomic E-state index is 11.0. The van der Waals surface area contributed by atoms with E-state index in [1.54, 1.807) is 6.92 Å². The van der Waals surface area contributed by atoms with Crippen molar-refractivity contribution < 1.29 is 9.90 Å². The molecule has 1 saturated heterocycles. The lowest BCUT2D eigenvalue weighted by Crippen LogP contribution is -2.41. The third-order valence-electron chi connectivity index (χ3n) is 1.91. The van der Waals surface area contributed by atoms with E-state index in [0.717, 1.165) is 19.4 Å². The molecule has 2 atom stereocenters. The molecule has 1 aliphatic rings. The highest BCUT2D eigenvalue weighted by Crippen LogP contribution is 2.14. The zero-order valence-corrected chi connectivity index (χ0v) is 6.13. The van der Waals surface area contributed by atoms with Gasteiger partial charge in [-0.2, -0.15) is 0 Å². The lowest BCUT2D eigenvalue weighted by Gasteiger charge is -2.23. The first kappa shape index (κ1) is 7.54. The van der Waals surface area contributed by atoms with Crippen molar-refractivity contribution >= 4 is 5.91 Å². The van der Waals surface area contributed by atoms with Crippen molar-refractivity contribution in [2.45, 2.75) is 25.9 Å². The molecule has 0 aromatic carbocycles. The summed E-state index contributed by atoms with van der Waals surface area (Å²) in [6, 6.07) is 0. The highest BCUT2D eigenvalue weighted by Gasteiger charge is 2.25. The highest BCUT2D eigenvalue weighted by molar-refractivity contribution is 5.79. The summed E-state index contributed by atoms with van der Waals surface area (Å²) in [4.78, 5) is 11.0. The molecule has 0 aromatic rings.